The Hall–Kier alpha value is -1.50. The number of nitriles is 1. The van der Waals surface area contributed by atoms with Crippen LogP contribution in [-0.2, 0) is 9.53 Å². The molecule has 0 radical (unpaired) electrons. The van der Waals surface area contributed by atoms with Crippen molar-refractivity contribution in [3.05, 3.63) is 11.3 Å². The largest absolute Gasteiger partial charge is 0.462 e. The third kappa shape index (κ3) is 2.22. The van der Waals surface area contributed by atoms with Crippen LogP contribution in [0.4, 0.5) is 0 Å². The number of esters is 1. The van der Waals surface area contributed by atoms with Crippen molar-refractivity contribution in [2.45, 2.75) is 19.8 Å². The molecule has 0 amide bonds. The molecule has 1 aliphatic rings. The quantitative estimate of drug-likeness (QED) is 0.386. The minimum Gasteiger partial charge on any atom is -0.462 e. The van der Waals surface area contributed by atoms with Gasteiger partial charge in [0.2, 0.25) is 0 Å². The molecule has 1 aliphatic heterocycles. The highest BCUT2D eigenvalue weighted by atomic mass is 16.5. The highest BCUT2D eigenvalue weighted by Crippen LogP contribution is 2.14. The van der Waals surface area contributed by atoms with Crippen molar-refractivity contribution in [1.29, 1.82) is 5.26 Å². The third-order valence-electron chi connectivity index (χ3n) is 1.84. The van der Waals surface area contributed by atoms with Gasteiger partial charge in [0.15, 0.2) is 5.57 Å². The molecule has 1 N–H and O–H groups in total. The van der Waals surface area contributed by atoms with Crippen molar-refractivity contribution in [3.63, 3.8) is 0 Å². The van der Waals surface area contributed by atoms with E-state index in [2.05, 4.69) is 5.32 Å². The molecule has 0 unspecified atom stereocenters. The van der Waals surface area contributed by atoms with E-state index < -0.39 is 5.97 Å². The van der Waals surface area contributed by atoms with Gasteiger partial charge in [0.05, 0.1) is 6.61 Å². The summed E-state index contributed by atoms with van der Waals surface area (Å²) in [6, 6.07) is 1.87. The molecule has 0 saturated carbocycles. The number of nitrogens with one attached hydrogen (secondary N) is 1. The van der Waals surface area contributed by atoms with E-state index in [-0.39, 0.29) is 5.57 Å². The van der Waals surface area contributed by atoms with Crippen LogP contribution in [0.25, 0.3) is 0 Å². The van der Waals surface area contributed by atoms with Gasteiger partial charge in [-0.25, -0.2) is 4.79 Å². The molecule has 1 fully saturated rings. The van der Waals surface area contributed by atoms with E-state index in [1.54, 1.807) is 6.92 Å². The lowest BCUT2D eigenvalue weighted by molar-refractivity contribution is -0.138. The second kappa shape index (κ2) is 4.51. The van der Waals surface area contributed by atoms with Crippen LogP contribution in [-0.4, -0.2) is 19.1 Å². The number of rotatable bonds is 2. The van der Waals surface area contributed by atoms with Crippen molar-refractivity contribution in [1.82, 2.24) is 5.32 Å². The van der Waals surface area contributed by atoms with Gasteiger partial charge in [0.25, 0.3) is 0 Å². The first-order valence-electron chi connectivity index (χ1n) is 4.33. The number of hydrogen-bond donors (Lipinski definition) is 1. The monoisotopic (exact) mass is 180 g/mol. The zero-order valence-electron chi connectivity index (χ0n) is 7.59. The summed E-state index contributed by atoms with van der Waals surface area (Å²) in [6.45, 7) is 2.86. The van der Waals surface area contributed by atoms with Crippen LogP contribution in [0.15, 0.2) is 11.3 Å². The summed E-state index contributed by atoms with van der Waals surface area (Å²) in [6.07, 6.45) is 1.74. The van der Waals surface area contributed by atoms with E-state index in [0.717, 1.165) is 25.1 Å². The predicted octanol–water partition coefficient (Wildman–Crippen LogP) is 0.711. The van der Waals surface area contributed by atoms with Crippen LogP contribution in [0.2, 0.25) is 0 Å². The van der Waals surface area contributed by atoms with E-state index in [9.17, 15) is 4.79 Å². The Balaban J connectivity index is 2.77. The molecule has 0 aromatic carbocycles. The van der Waals surface area contributed by atoms with Gasteiger partial charge in [0, 0.05) is 12.2 Å². The summed E-state index contributed by atoms with van der Waals surface area (Å²) in [5.74, 6) is -0.519. The Bertz CT molecular complexity index is 268. The highest BCUT2D eigenvalue weighted by molar-refractivity contribution is 5.93. The van der Waals surface area contributed by atoms with Crippen molar-refractivity contribution < 1.29 is 9.53 Å². The summed E-state index contributed by atoms with van der Waals surface area (Å²) in [5, 5.41) is 11.7. The maximum Gasteiger partial charge on any atom is 0.350 e. The molecule has 0 bridgehead atoms. The second-order valence-electron chi connectivity index (χ2n) is 2.72. The topological polar surface area (TPSA) is 62.1 Å². The van der Waals surface area contributed by atoms with E-state index in [0.29, 0.717) is 6.61 Å². The fourth-order valence-corrected chi connectivity index (χ4v) is 1.25. The van der Waals surface area contributed by atoms with Gasteiger partial charge in [-0.3, -0.25) is 0 Å². The number of hydrogen-bond acceptors (Lipinski definition) is 4. The van der Waals surface area contributed by atoms with Crippen molar-refractivity contribution in [2.24, 2.45) is 0 Å². The average molecular weight is 180 g/mol. The van der Waals surface area contributed by atoms with E-state index >= 15 is 0 Å². The molecule has 0 atom stereocenters. The Morgan fingerprint density at radius 2 is 2.54 bits per heavy atom. The Morgan fingerprint density at radius 1 is 1.77 bits per heavy atom. The predicted molar refractivity (Wildman–Crippen MR) is 46.5 cm³/mol. The SMILES string of the molecule is CCOC(=O)C(C#N)=C1CCCN1. The minimum atomic E-state index is -0.519. The van der Waals surface area contributed by atoms with Gasteiger partial charge in [0.1, 0.15) is 6.07 Å². The van der Waals surface area contributed by atoms with Gasteiger partial charge in [-0.2, -0.15) is 5.26 Å². The lowest BCUT2D eigenvalue weighted by atomic mass is 10.2. The number of allylic oxidation sites excluding steroid dienone is 1. The van der Waals surface area contributed by atoms with Gasteiger partial charge in [-0.15, -0.1) is 0 Å². The standard InChI is InChI=1S/C9H12N2O2/c1-2-13-9(12)7(6-10)8-4-3-5-11-8/h11H,2-5H2,1H3. The summed E-state index contributed by atoms with van der Waals surface area (Å²) < 4.78 is 4.75. The lowest BCUT2D eigenvalue weighted by Gasteiger charge is -2.03. The number of ether oxygens (including phenoxy) is 1. The van der Waals surface area contributed by atoms with Crippen LogP contribution >= 0.6 is 0 Å². The van der Waals surface area contributed by atoms with Gasteiger partial charge in [-0.05, 0) is 19.8 Å². The lowest BCUT2D eigenvalue weighted by Crippen LogP contribution is -2.14. The summed E-state index contributed by atoms with van der Waals surface area (Å²) in [4.78, 5) is 11.2. The second-order valence-corrected chi connectivity index (χ2v) is 2.72. The first-order valence-corrected chi connectivity index (χ1v) is 4.33. The Kier molecular flexibility index (Phi) is 3.32. The van der Waals surface area contributed by atoms with Gasteiger partial charge in [-0.1, -0.05) is 0 Å². The fraction of sp³-hybridized carbons (Fsp3) is 0.556. The number of carbonyl (C=O) groups is 1. The average Bonchev–Trinajstić information content (AvgIpc) is 2.59. The maximum atomic E-state index is 11.2. The molecule has 13 heavy (non-hydrogen) atoms. The van der Waals surface area contributed by atoms with Crippen LogP contribution in [0.3, 0.4) is 0 Å². The zero-order chi connectivity index (χ0) is 9.68. The molecule has 0 aromatic rings. The number of nitrogens with zero attached hydrogens (tertiary/aromatic N) is 1. The highest BCUT2D eigenvalue weighted by Gasteiger charge is 2.18. The maximum absolute atomic E-state index is 11.2. The summed E-state index contributed by atoms with van der Waals surface area (Å²) >= 11 is 0. The third-order valence-corrected chi connectivity index (χ3v) is 1.84. The van der Waals surface area contributed by atoms with Gasteiger partial charge >= 0.3 is 5.97 Å². The molecule has 70 valence electrons. The molecule has 4 heteroatoms. The molecule has 1 rings (SSSR count). The molecule has 1 heterocycles. The van der Waals surface area contributed by atoms with Gasteiger partial charge < -0.3 is 10.1 Å². The fourth-order valence-electron chi connectivity index (χ4n) is 1.25. The first kappa shape index (κ1) is 9.59. The molecule has 4 nitrogen and oxygen atoms in total. The van der Waals surface area contributed by atoms with E-state index in [4.69, 9.17) is 10.00 Å². The normalized spacial score (nSPS) is 18.8. The van der Waals surface area contributed by atoms with E-state index in [1.165, 1.54) is 0 Å². The summed E-state index contributed by atoms with van der Waals surface area (Å²) in [7, 11) is 0. The molecular weight excluding hydrogens is 168 g/mol. The zero-order valence-corrected chi connectivity index (χ0v) is 7.59. The molecule has 0 spiro atoms. The molecular formula is C9H12N2O2. The Labute approximate surface area is 77.2 Å². The van der Waals surface area contributed by atoms with Crippen molar-refractivity contribution >= 4 is 5.97 Å². The van der Waals surface area contributed by atoms with Crippen LogP contribution in [0, 0.1) is 11.3 Å². The number of carbonyl (C=O) groups excluding carboxylic acids is 1. The summed E-state index contributed by atoms with van der Waals surface area (Å²) in [5.41, 5.74) is 0.848. The van der Waals surface area contributed by atoms with E-state index in [1.807, 2.05) is 6.07 Å². The molecule has 0 aromatic heterocycles. The minimum absolute atomic E-state index is 0.124. The van der Waals surface area contributed by atoms with Crippen LogP contribution in [0.5, 0.6) is 0 Å². The van der Waals surface area contributed by atoms with Crippen LogP contribution < -0.4 is 5.32 Å². The van der Waals surface area contributed by atoms with Crippen molar-refractivity contribution in [2.75, 3.05) is 13.2 Å². The molecule has 1 saturated heterocycles. The Morgan fingerprint density at radius 3 is 3.00 bits per heavy atom. The smallest absolute Gasteiger partial charge is 0.350 e. The van der Waals surface area contributed by atoms with Crippen molar-refractivity contribution in [3.8, 4) is 6.07 Å². The molecule has 0 aliphatic carbocycles. The van der Waals surface area contributed by atoms with Crippen LogP contribution in [0.1, 0.15) is 19.8 Å². The first-order chi connectivity index (χ1) is 6.29.